The van der Waals surface area contributed by atoms with Crippen LogP contribution in [0.15, 0.2) is 47.4 Å². The molecular weight excluding hydrogens is 362 g/mol. The number of anilines is 1. The van der Waals surface area contributed by atoms with Crippen molar-refractivity contribution >= 4 is 15.7 Å². The van der Waals surface area contributed by atoms with Crippen molar-refractivity contribution in [2.75, 3.05) is 11.8 Å². The molecule has 0 bridgehead atoms. The summed E-state index contributed by atoms with van der Waals surface area (Å²) in [5, 5.41) is 10.5. The zero-order chi connectivity index (χ0) is 20.5. The van der Waals surface area contributed by atoms with E-state index in [2.05, 4.69) is 39.3 Å². The second-order valence-corrected chi connectivity index (χ2v) is 10.3. The average molecular weight is 392 g/mol. The van der Waals surface area contributed by atoms with Gasteiger partial charge in [0.15, 0.2) is 0 Å². The first-order valence-corrected chi connectivity index (χ1v) is 10.3. The molecule has 2 aromatic carbocycles. The number of phenols is 1. The summed E-state index contributed by atoms with van der Waals surface area (Å²) in [5.74, 6) is 0.403. The molecule has 0 saturated carbocycles. The Labute approximate surface area is 162 Å². The van der Waals surface area contributed by atoms with Crippen molar-refractivity contribution in [3.05, 3.63) is 48.0 Å². The molecule has 2 rings (SSSR count). The lowest BCUT2D eigenvalue weighted by atomic mass is 9.72. The van der Waals surface area contributed by atoms with Crippen molar-refractivity contribution in [2.45, 2.75) is 51.3 Å². The Bertz CT molecular complexity index is 898. The van der Waals surface area contributed by atoms with Gasteiger partial charge in [-0.05, 0) is 35.4 Å². The molecule has 0 heterocycles. The third-order valence-electron chi connectivity index (χ3n) is 4.32. The second-order valence-electron chi connectivity index (χ2n) is 8.61. The lowest BCUT2D eigenvalue weighted by molar-refractivity contribution is 0.276. The van der Waals surface area contributed by atoms with Gasteiger partial charge in [0.2, 0.25) is 0 Å². The zero-order valence-corrected chi connectivity index (χ0v) is 17.6. The number of benzene rings is 2. The molecule has 2 N–H and O–H groups in total. The van der Waals surface area contributed by atoms with Crippen LogP contribution in [0.1, 0.15) is 46.6 Å². The summed E-state index contributed by atoms with van der Waals surface area (Å²) in [7, 11) is -2.26. The van der Waals surface area contributed by atoms with Crippen LogP contribution in [0.2, 0.25) is 0 Å². The van der Waals surface area contributed by atoms with E-state index in [1.807, 2.05) is 0 Å². The van der Waals surface area contributed by atoms with E-state index in [0.717, 1.165) is 12.0 Å². The maximum absolute atomic E-state index is 12.6. The van der Waals surface area contributed by atoms with Crippen LogP contribution in [-0.2, 0) is 15.4 Å². The molecule has 0 aliphatic carbocycles. The van der Waals surface area contributed by atoms with Crippen LogP contribution < -0.4 is 9.46 Å². The van der Waals surface area contributed by atoms with E-state index in [9.17, 15) is 13.5 Å². The van der Waals surface area contributed by atoms with Gasteiger partial charge in [-0.2, -0.15) is 0 Å². The topological polar surface area (TPSA) is 75.6 Å². The number of ether oxygens (including phenoxy) is 1. The van der Waals surface area contributed by atoms with E-state index in [0.29, 0.717) is 5.75 Å². The van der Waals surface area contributed by atoms with E-state index < -0.39 is 10.0 Å². The molecule has 27 heavy (non-hydrogen) atoms. The monoisotopic (exact) mass is 391 g/mol. The minimum Gasteiger partial charge on any atom is -0.506 e. The molecule has 0 fully saturated rings. The first-order valence-electron chi connectivity index (χ1n) is 8.85. The Balaban J connectivity index is 2.45. The Morgan fingerprint density at radius 2 is 1.63 bits per heavy atom. The maximum Gasteiger partial charge on any atom is 0.262 e. The summed E-state index contributed by atoms with van der Waals surface area (Å²) in [6.45, 7) is 10.6. The van der Waals surface area contributed by atoms with Gasteiger partial charge in [0.25, 0.3) is 10.0 Å². The Morgan fingerprint density at radius 3 is 2.15 bits per heavy atom. The third-order valence-corrected chi connectivity index (χ3v) is 5.70. The predicted molar refractivity (Wildman–Crippen MR) is 109 cm³/mol. The second kappa shape index (κ2) is 7.43. The summed E-state index contributed by atoms with van der Waals surface area (Å²) >= 11 is 0. The Kier molecular flexibility index (Phi) is 5.80. The van der Waals surface area contributed by atoms with Gasteiger partial charge in [0.05, 0.1) is 17.7 Å². The summed E-state index contributed by atoms with van der Waals surface area (Å²) in [6, 6.07) is 11.2. The molecule has 0 atom stereocenters. The van der Waals surface area contributed by atoms with Crippen LogP contribution in [0.5, 0.6) is 11.5 Å². The number of methoxy groups -OCH3 is 1. The summed E-state index contributed by atoms with van der Waals surface area (Å²) in [6.07, 6.45) is 0.866. The highest BCUT2D eigenvalue weighted by Crippen LogP contribution is 2.44. The number of phenolic OH excluding ortho intramolecular Hbond substituents is 1. The number of hydrogen-bond donors (Lipinski definition) is 2. The van der Waals surface area contributed by atoms with Crippen molar-refractivity contribution in [1.82, 2.24) is 0 Å². The van der Waals surface area contributed by atoms with Gasteiger partial charge >= 0.3 is 0 Å². The molecular formula is C21H29NO4S. The summed E-state index contributed by atoms with van der Waals surface area (Å²) in [4.78, 5) is 0.125. The largest absolute Gasteiger partial charge is 0.506 e. The highest BCUT2D eigenvalue weighted by atomic mass is 32.2. The molecule has 0 spiro atoms. The quantitative estimate of drug-likeness (QED) is 0.686. The predicted octanol–water partition coefficient (Wildman–Crippen LogP) is 4.92. The fraction of sp³-hybridized carbons (Fsp3) is 0.429. The molecule has 2 aromatic rings. The van der Waals surface area contributed by atoms with Gasteiger partial charge < -0.3 is 9.84 Å². The number of aromatic hydroxyl groups is 1. The van der Waals surface area contributed by atoms with Crippen molar-refractivity contribution in [2.24, 2.45) is 5.41 Å². The van der Waals surface area contributed by atoms with Gasteiger partial charge in [-0.15, -0.1) is 0 Å². The number of rotatable bonds is 6. The number of hydrogen-bond acceptors (Lipinski definition) is 4. The van der Waals surface area contributed by atoms with Gasteiger partial charge in [-0.25, -0.2) is 8.42 Å². The van der Waals surface area contributed by atoms with Gasteiger partial charge in [0.1, 0.15) is 11.5 Å². The van der Waals surface area contributed by atoms with Gasteiger partial charge in [-0.3, -0.25) is 4.72 Å². The minimum absolute atomic E-state index is 0.0811. The smallest absolute Gasteiger partial charge is 0.262 e. The molecule has 148 valence electrons. The highest BCUT2D eigenvalue weighted by molar-refractivity contribution is 7.92. The lowest BCUT2D eigenvalue weighted by Gasteiger charge is -2.34. The lowest BCUT2D eigenvalue weighted by Crippen LogP contribution is -2.25. The van der Waals surface area contributed by atoms with Crippen LogP contribution in [-0.4, -0.2) is 20.6 Å². The Morgan fingerprint density at radius 1 is 1.04 bits per heavy atom. The highest BCUT2D eigenvalue weighted by Gasteiger charge is 2.31. The average Bonchev–Trinajstić information content (AvgIpc) is 2.54. The fourth-order valence-electron chi connectivity index (χ4n) is 3.57. The molecule has 0 unspecified atom stereocenters. The van der Waals surface area contributed by atoms with Crippen molar-refractivity contribution < 1.29 is 18.3 Å². The normalized spacial score (nSPS) is 12.7. The molecule has 0 radical (unpaired) electrons. The van der Waals surface area contributed by atoms with Crippen LogP contribution in [0.25, 0.3) is 0 Å². The molecule has 0 saturated heterocycles. The molecule has 0 aliphatic heterocycles. The van der Waals surface area contributed by atoms with Crippen molar-refractivity contribution in [3.63, 3.8) is 0 Å². The van der Waals surface area contributed by atoms with E-state index in [-0.39, 0.29) is 27.2 Å². The van der Waals surface area contributed by atoms with Gasteiger partial charge in [0, 0.05) is 11.6 Å². The molecule has 5 nitrogen and oxygen atoms in total. The first kappa shape index (κ1) is 21.1. The maximum atomic E-state index is 12.6. The van der Waals surface area contributed by atoms with Crippen LogP contribution >= 0.6 is 0 Å². The Hall–Kier alpha value is -2.21. The van der Waals surface area contributed by atoms with Crippen molar-refractivity contribution in [3.8, 4) is 11.5 Å². The van der Waals surface area contributed by atoms with Crippen LogP contribution in [0.3, 0.4) is 0 Å². The SMILES string of the molecule is COc1cc(NS(=O)(=O)c2ccccc2)c(O)cc1C(C)(C)CC(C)(C)C. The molecule has 0 amide bonds. The third kappa shape index (κ3) is 5.16. The number of sulfonamides is 1. The fourth-order valence-corrected chi connectivity index (χ4v) is 4.66. The molecule has 0 aromatic heterocycles. The molecule has 0 aliphatic rings. The first-order chi connectivity index (χ1) is 12.4. The van der Waals surface area contributed by atoms with E-state index >= 15 is 0 Å². The minimum atomic E-state index is -3.80. The van der Waals surface area contributed by atoms with E-state index in [1.54, 1.807) is 31.4 Å². The molecule has 6 heteroatoms. The number of nitrogens with one attached hydrogen (secondary N) is 1. The van der Waals surface area contributed by atoms with E-state index in [1.165, 1.54) is 18.2 Å². The van der Waals surface area contributed by atoms with Gasteiger partial charge in [-0.1, -0.05) is 52.8 Å². The standard InChI is InChI=1S/C21H29NO4S/c1-20(2,3)14-21(4,5)16-12-18(23)17(13-19(16)26-6)22-27(24,25)15-10-8-7-9-11-15/h7-13,22-23H,14H2,1-6H3. The van der Waals surface area contributed by atoms with Crippen LogP contribution in [0, 0.1) is 5.41 Å². The zero-order valence-electron chi connectivity index (χ0n) is 16.8. The van der Waals surface area contributed by atoms with Crippen LogP contribution in [0.4, 0.5) is 5.69 Å². The van der Waals surface area contributed by atoms with E-state index in [4.69, 9.17) is 4.74 Å². The summed E-state index contributed by atoms with van der Waals surface area (Å²) < 4.78 is 33.1. The van der Waals surface area contributed by atoms with Crippen molar-refractivity contribution in [1.29, 1.82) is 0 Å². The summed E-state index contributed by atoms with van der Waals surface area (Å²) in [5.41, 5.74) is 0.737.